The first-order valence-corrected chi connectivity index (χ1v) is 8.85. The van der Waals surface area contributed by atoms with Crippen LogP contribution in [0.4, 0.5) is 0 Å². The number of nitrogens with zero attached hydrogens (tertiary/aromatic N) is 6. The van der Waals surface area contributed by atoms with E-state index in [1.54, 1.807) is 12.4 Å². The van der Waals surface area contributed by atoms with Crippen LogP contribution in [-0.2, 0) is 13.1 Å². The van der Waals surface area contributed by atoms with E-state index in [0.717, 1.165) is 50.8 Å². The van der Waals surface area contributed by atoms with Gasteiger partial charge in [-0.3, -0.25) is 14.5 Å². The molecule has 25 heavy (non-hydrogen) atoms. The Bertz CT molecular complexity index is 728. The van der Waals surface area contributed by atoms with Crippen LogP contribution in [0.15, 0.2) is 23.0 Å². The molecule has 0 unspecified atom stereocenters. The minimum absolute atomic E-state index is 0.373. The largest absolute Gasteiger partial charge is 0.444 e. The van der Waals surface area contributed by atoms with Gasteiger partial charge in [0.05, 0.1) is 31.0 Å². The first-order chi connectivity index (χ1) is 12.0. The lowest BCUT2D eigenvalue weighted by molar-refractivity contribution is 0.203. The number of hydrogen-bond donors (Lipinski definition) is 0. The van der Waals surface area contributed by atoms with Crippen molar-refractivity contribution in [2.24, 2.45) is 0 Å². The topological polar surface area (TPSA) is 74.1 Å². The molecule has 2 aromatic rings. The zero-order valence-corrected chi connectivity index (χ0v) is 15.2. The Morgan fingerprint density at radius 1 is 1.40 bits per heavy atom. The van der Waals surface area contributed by atoms with Crippen molar-refractivity contribution in [3.63, 3.8) is 0 Å². The molecule has 0 spiro atoms. The van der Waals surface area contributed by atoms with Crippen molar-refractivity contribution in [1.82, 2.24) is 24.6 Å². The molecule has 0 saturated carbocycles. The van der Waals surface area contributed by atoms with Crippen LogP contribution in [0.3, 0.4) is 0 Å². The molecular formula is C18H26N6O. The van der Waals surface area contributed by atoms with E-state index in [1.165, 1.54) is 0 Å². The summed E-state index contributed by atoms with van der Waals surface area (Å²) in [6.45, 7) is 8.87. The van der Waals surface area contributed by atoms with Gasteiger partial charge >= 0.3 is 0 Å². The Morgan fingerprint density at radius 3 is 2.92 bits per heavy atom. The zero-order chi connectivity index (χ0) is 17.8. The average molecular weight is 342 g/mol. The summed E-state index contributed by atoms with van der Waals surface area (Å²) in [5.41, 5.74) is 0.616. The van der Waals surface area contributed by atoms with Gasteiger partial charge in [0, 0.05) is 31.2 Å². The van der Waals surface area contributed by atoms with Crippen molar-refractivity contribution in [1.29, 1.82) is 5.26 Å². The highest BCUT2D eigenvalue weighted by Crippen LogP contribution is 2.19. The summed E-state index contributed by atoms with van der Waals surface area (Å²) in [6, 6.07) is 2.63. The first-order valence-electron chi connectivity index (χ1n) is 8.85. The molecule has 3 rings (SSSR count). The summed E-state index contributed by atoms with van der Waals surface area (Å²) < 4.78 is 7.66. The molecule has 0 N–H and O–H groups in total. The van der Waals surface area contributed by atoms with E-state index in [1.807, 2.05) is 10.9 Å². The molecule has 1 fully saturated rings. The molecule has 0 bridgehead atoms. The molecule has 1 aliphatic heterocycles. The van der Waals surface area contributed by atoms with Crippen molar-refractivity contribution in [2.45, 2.75) is 45.3 Å². The second-order valence-electron chi connectivity index (χ2n) is 7.07. The standard InChI is InChI=1S/C18H26N6O/c1-14(2)17-10-20-18(25-17)13-22(3)16-4-5-23(12-16)6-7-24-11-15(8-19)9-21-24/h9-11,14,16H,4-7,12-13H2,1-3H3/t16-/m1/s1. The van der Waals surface area contributed by atoms with E-state index in [2.05, 4.69) is 46.8 Å². The Balaban J connectivity index is 1.45. The van der Waals surface area contributed by atoms with Gasteiger partial charge in [-0.25, -0.2) is 4.98 Å². The maximum atomic E-state index is 8.85. The molecule has 7 nitrogen and oxygen atoms in total. The molecule has 134 valence electrons. The Kier molecular flexibility index (Phi) is 5.51. The number of likely N-dealkylation sites (N-methyl/N-ethyl adjacent to an activating group) is 1. The summed E-state index contributed by atoms with van der Waals surface area (Å²) in [7, 11) is 2.14. The second-order valence-corrected chi connectivity index (χ2v) is 7.07. The Morgan fingerprint density at radius 2 is 2.24 bits per heavy atom. The normalized spacial score (nSPS) is 18.3. The summed E-state index contributed by atoms with van der Waals surface area (Å²) in [6.07, 6.45) is 6.40. The number of oxazole rings is 1. The first kappa shape index (κ1) is 17.6. The van der Waals surface area contributed by atoms with Gasteiger partial charge in [0.2, 0.25) is 5.89 Å². The van der Waals surface area contributed by atoms with Crippen LogP contribution in [0, 0.1) is 11.3 Å². The molecule has 1 saturated heterocycles. The van der Waals surface area contributed by atoms with Crippen LogP contribution in [0.25, 0.3) is 0 Å². The maximum Gasteiger partial charge on any atom is 0.208 e. The van der Waals surface area contributed by atoms with E-state index in [4.69, 9.17) is 9.68 Å². The van der Waals surface area contributed by atoms with Crippen molar-refractivity contribution in [2.75, 3.05) is 26.7 Å². The number of rotatable bonds is 7. The molecule has 2 aromatic heterocycles. The maximum absolute atomic E-state index is 8.85. The van der Waals surface area contributed by atoms with Gasteiger partial charge in [0.15, 0.2) is 0 Å². The third kappa shape index (κ3) is 4.47. The van der Waals surface area contributed by atoms with Crippen LogP contribution in [-0.4, -0.2) is 57.3 Å². The predicted molar refractivity (Wildman–Crippen MR) is 93.8 cm³/mol. The van der Waals surface area contributed by atoms with Crippen LogP contribution in [0.2, 0.25) is 0 Å². The average Bonchev–Trinajstić information content (AvgIpc) is 3.33. The van der Waals surface area contributed by atoms with E-state index >= 15 is 0 Å². The minimum atomic E-state index is 0.373. The van der Waals surface area contributed by atoms with Crippen molar-refractivity contribution >= 4 is 0 Å². The fraction of sp³-hybridized carbons (Fsp3) is 0.611. The molecule has 1 atom stereocenters. The van der Waals surface area contributed by atoms with E-state index < -0.39 is 0 Å². The van der Waals surface area contributed by atoms with Gasteiger partial charge in [-0.05, 0) is 20.0 Å². The summed E-state index contributed by atoms with van der Waals surface area (Å²) >= 11 is 0. The van der Waals surface area contributed by atoms with E-state index in [9.17, 15) is 0 Å². The molecular weight excluding hydrogens is 316 g/mol. The molecule has 0 radical (unpaired) electrons. The summed E-state index contributed by atoms with van der Waals surface area (Å²) in [5, 5.41) is 13.1. The van der Waals surface area contributed by atoms with Crippen LogP contribution in [0.1, 0.15) is 43.4 Å². The molecule has 7 heteroatoms. The van der Waals surface area contributed by atoms with Crippen LogP contribution >= 0.6 is 0 Å². The molecule has 0 aromatic carbocycles. The highest BCUT2D eigenvalue weighted by Gasteiger charge is 2.26. The minimum Gasteiger partial charge on any atom is -0.444 e. The van der Waals surface area contributed by atoms with Crippen molar-refractivity contribution in [3.8, 4) is 6.07 Å². The summed E-state index contributed by atoms with van der Waals surface area (Å²) in [5.74, 6) is 2.12. The fourth-order valence-electron chi connectivity index (χ4n) is 3.17. The van der Waals surface area contributed by atoms with Gasteiger partial charge in [0.1, 0.15) is 11.8 Å². The smallest absolute Gasteiger partial charge is 0.208 e. The van der Waals surface area contributed by atoms with Crippen LogP contribution < -0.4 is 0 Å². The zero-order valence-electron chi connectivity index (χ0n) is 15.2. The highest BCUT2D eigenvalue weighted by molar-refractivity contribution is 5.21. The summed E-state index contributed by atoms with van der Waals surface area (Å²) in [4.78, 5) is 9.17. The number of hydrogen-bond acceptors (Lipinski definition) is 6. The quantitative estimate of drug-likeness (QED) is 0.767. The lowest BCUT2D eigenvalue weighted by Gasteiger charge is -2.23. The van der Waals surface area contributed by atoms with E-state index in [0.29, 0.717) is 17.5 Å². The Hall–Kier alpha value is -2.17. The molecule has 0 amide bonds. The predicted octanol–water partition coefficient (Wildman–Crippen LogP) is 2.07. The highest BCUT2D eigenvalue weighted by atomic mass is 16.4. The molecule has 1 aliphatic rings. The van der Waals surface area contributed by atoms with Crippen LogP contribution in [0.5, 0.6) is 0 Å². The van der Waals surface area contributed by atoms with Gasteiger partial charge in [-0.1, -0.05) is 13.8 Å². The van der Waals surface area contributed by atoms with Gasteiger partial charge in [-0.2, -0.15) is 10.4 Å². The number of likely N-dealkylation sites (tertiary alicyclic amines) is 1. The third-order valence-corrected chi connectivity index (χ3v) is 4.80. The van der Waals surface area contributed by atoms with Crippen molar-refractivity contribution in [3.05, 3.63) is 35.8 Å². The number of nitriles is 1. The van der Waals surface area contributed by atoms with Crippen molar-refractivity contribution < 1.29 is 4.42 Å². The SMILES string of the molecule is CC(C)c1cnc(CN(C)[C@@H]2CCN(CCn3cc(C#N)cn3)C2)o1. The molecule has 3 heterocycles. The lowest BCUT2D eigenvalue weighted by atomic mass is 10.2. The van der Waals surface area contributed by atoms with Gasteiger partial charge in [0.25, 0.3) is 0 Å². The monoisotopic (exact) mass is 342 g/mol. The van der Waals surface area contributed by atoms with E-state index in [-0.39, 0.29) is 0 Å². The second kappa shape index (κ2) is 7.81. The number of aromatic nitrogens is 3. The fourth-order valence-corrected chi connectivity index (χ4v) is 3.17. The van der Waals surface area contributed by atoms with Gasteiger partial charge in [-0.15, -0.1) is 0 Å². The Labute approximate surface area is 148 Å². The van der Waals surface area contributed by atoms with Gasteiger partial charge < -0.3 is 4.42 Å². The lowest BCUT2D eigenvalue weighted by Crippen LogP contribution is -2.35. The third-order valence-electron chi connectivity index (χ3n) is 4.80. The molecule has 0 aliphatic carbocycles.